The molecule has 2 heterocycles. The fourth-order valence-electron chi connectivity index (χ4n) is 1.65. The standard InChI is InChI=1S/3C4H6O6.2Bi/c3*5-1(3(7)8)2(6)4(9)10;;/h3*1-2,5-6H,(H,7,8)(H,9,10);;/q;;;2*+3/p-6/t3*1-,2-;;/m110../s1. The molecule has 0 spiro atoms. The zero-order valence-corrected chi connectivity index (χ0v) is 21.9. The van der Waals surface area contributed by atoms with Crippen LogP contribution in [0.4, 0.5) is 0 Å². The van der Waals surface area contributed by atoms with Crippen LogP contribution in [0.2, 0.25) is 0 Å². The molecule has 0 saturated carbocycles. The molecule has 0 aromatic heterocycles. The van der Waals surface area contributed by atoms with Gasteiger partial charge in [0.2, 0.25) is 0 Å². The maximum atomic E-state index is 11.9. The topological polar surface area (TPSA) is 279 Å². The first-order valence-electron chi connectivity index (χ1n) is 7.83. The van der Waals surface area contributed by atoms with Crippen molar-refractivity contribution >= 4 is 82.0 Å². The van der Waals surface area contributed by atoms with Crippen LogP contribution in [0.25, 0.3) is 0 Å². The predicted octanol–water partition coefficient (Wildman–Crippen LogP) is -7.59. The number of carbonyl (C=O) groups is 6. The summed E-state index contributed by atoms with van der Waals surface area (Å²) in [5, 5.41) is 56.6. The van der Waals surface area contributed by atoms with Crippen LogP contribution in [0.5, 0.6) is 0 Å². The van der Waals surface area contributed by atoms with Gasteiger partial charge in [0.05, 0.1) is 0 Å². The molecule has 0 aromatic carbocycles. The van der Waals surface area contributed by atoms with E-state index in [0.717, 1.165) is 0 Å². The Morgan fingerprint density at radius 3 is 1.06 bits per heavy atom. The fourth-order valence-corrected chi connectivity index (χ4v) is 8.47. The van der Waals surface area contributed by atoms with E-state index >= 15 is 0 Å². The number of hydrogen-bond acceptors (Lipinski definition) is 18. The summed E-state index contributed by atoms with van der Waals surface area (Å²) >= 11 is -9.66. The van der Waals surface area contributed by atoms with Crippen molar-refractivity contribution in [1.82, 2.24) is 0 Å². The first-order valence-corrected chi connectivity index (χ1v) is 16.3. The molecule has 18 nitrogen and oxygen atoms in total. The zero-order valence-electron chi connectivity index (χ0n) is 14.9. The Morgan fingerprint density at radius 2 is 0.844 bits per heavy atom. The molecule has 0 radical (unpaired) electrons. The van der Waals surface area contributed by atoms with Crippen molar-refractivity contribution < 1.29 is 76.3 Å². The Hall–Kier alpha value is -1.65. The molecule has 2 saturated heterocycles. The summed E-state index contributed by atoms with van der Waals surface area (Å²) in [5.74, 6) is -9.99. The van der Waals surface area contributed by atoms with E-state index < -0.39 is 119 Å². The number of carbonyl (C=O) groups excluding carboxylic acids is 6. The van der Waals surface area contributed by atoms with Crippen LogP contribution in [0.1, 0.15) is 0 Å². The normalized spacial score (nSPS) is 29.3. The second-order valence-corrected chi connectivity index (χ2v) is 13.3. The van der Waals surface area contributed by atoms with Gasteiger partial charge in [0.1, 0.15) is 0 Å². The molecule has 20 heteroatoms. The van der Waals surface area contributed by atoms with E-state index in [1.54, 1.807) is 0 Å². The first kappa shape index (κ1) is 26.6. The first-order chi connectivity index (χ1) is 14.8. The third kappa shape index (κ3) is 6.23. The van der Waals surface area contributed by atoms with Gasteiger partial charge in [0.15, 0.2) is 0 Å². The van der Waals surface area contributed by atoms with E-state index in [9.17, 15) is 59.4 Å². The number of aliphatic hydroxyl groups is 6. The molecule has 6 N–H and O–H groups in total. The predicted molar refractivity (Wildman–Crippen MR) is 84.1 cm³/mol. The van der Waals surface area contributed by atoms with Gasteiger partial charge in [-0.1, -0.05) is 0 Å². The molecule has 0 aliphatic carbocycles. The Balaban J connectivity index is 1.97. The van der Waals surface area contributed by atoms with Crippen molar-refractivity contribution in [3.8, 4) is 0 Å². The summed E-state index contributed by atoms with van der Waals surface area (Å²) in [7, 11) is 0. The van der Waals surface area contributed by atoms with Crippen LogP contribution in [0.15, 0.2) is 0 Å². The van der Waals surface area contributed by atoms with Crippen molar-refractivity contribution in [2.75, 3.05) is 0 Å². The SMILES string of the molecule is O=C1[O][Bi]([O]C(=O)[C@H](O)[C@@H](O)C(=O)[O][Bi]2[O]C(=O)[C@H](O)[C@@H](O)C(=O)[O]2)[O]C(=O)[C@@H](O)[C@@H]1O. The molecule has 2 aliphatic heterocycles. The molecular formula is C12H12Bi2O18. The van der Waals surface area contributed by atoms with Crippen molar-refractivity contribution in [2.45, 2.75) is 36.6 Å². The van der Waals surface area contributed by atoms with Gasteiger partial charge < -0.3 is 0 Å². The minimum absolute atomic E-state index is 1.57. The molecule has 2 rings (SSSR count). The van der Waals surface area contributed by atoms with E-state index in [1.807, 2.05) is 0 Å². The maximum absolute atomic E-state index is 11.9. The molecule has 6 atom stereocenters. The number of hydrogen-bond donors (Lipinski definition) is 6. The molecule has 0 unspecified atom stereocenters. The average Bonchev–Trinajstić information content (AvgIpc) is 2.88. The van der Waals surface area contributed by atoms with Gasteiger partial charge >= 0.3 is 195 Å². The van der Waals surface area contributed by atoms with Gasteiger partial charge in [0, 0.05) is 0 Å². The minimum atomic E-state index is -4.83. The molecule has 178 valence electrons. The van der Waals surface area contributed by atoms with Gasteiger partial charge in [-0.2, -0.15) is 0 Å². The van der Waals surface area contributed by atoms with Crippen LogP contribution in [0, 0.1) is 0 Å². The molecule has 0 bridgehead atoms. The van der Waals surface area contributed by atoms with E-state index in [2.05, 4.69) is 16.9 Å². The van der Waals surface area contributed by atoms with Gasteiger partial charge in [0.25, 0.3) is 0 Å². The second kappa shape index (κ2) is 11.0. The van der Waals surface area contributed by atoms with Crippen LogP contribution < -0.4 is 0 Å². The third-order valence-corrected chi connectivity index (χ3v) is 11.0. The summed E-state index contributed by atoms with van der Waals surface area (Å²) in [6.45, 7) is 0. The summed E-state index contributed by atoms with van der Waals surface area (Å²) in [6, 6.07) is 0. The van der Waals surface area contributed by atoms with Crippen LogP contribution >= 0.6 is 0 Å². The summed E-state index contributed by atoms with van der Waals surface area (Å²) in [5.41, 5.74) is 0. The van der Waals surface area contributed by atoms with E-state index in [1.165, 1.54) is 0 Å². The molecule has 2 aliphatic rings. The monoisotopic (exact) mass is 862 g/mol. The van der Waals surface area contributed by atoms with Crippen LogP contribution in [-0.2, 0) is 45.6 Å². The Labute approximate surface area is 194 Å². The molecule has 32 heavy (non-hydrogen) atoms. The van der Waals surface area contributed by atoms with Crippen molar-refractivity contribution in [3.63, 3.8) is 0 Å². The summed E-state index contributed by atoms with van der Waals surface area (Å²) in [6.07, 6.45) is -14.8. The zero-order chi connectivity index (χ0) is 24.3. The van der Waals surface area contributed by atoms with Crippen molar-refractivity contribution in [1.29, 1.82) is 0 Å². The van der Waals surface area contributed by atoms with Crippen molar-refractivity contribution in [3.05, 3.63) is 0 Å². The summed E-state index contributed by atoms with van der Waals surface area (Å²) in [4.78, 5) is 69.4. The quantitative estimate of drug-likeness (QED) is 0.140. The number of rotatable bonds is 5. The van der Waals surface area contributed by atoms with Gasteiger partial charge in [-0.25, -0.2) is 0 Å². The van der Waals surface area contributed by atoms with Crippen LogP contribution in [0.3, 0.4) is 0 Å². The van der Waals surface area contributed by atoms with E-state index in [-0.39, 0.29) is 0 Å². The Bertz CT molecular complexity index is 704. The third-order valence-electron chi connectivity index (χ3n) is 3.33. The van der Waals surface area contributed by atoms with Gasteiger partial charge in [-0.15, -0.1) is 0 Å². The van der Waals surface area contributed by atoms with E-state index in [0.29, 0.717) is 0 Å². The molecule has 0 amide bonds. The molecule has 2 fully saturated rings. The molecule has 0 aromatic rings. The van der Waals surface area contributed by atoms with E-state index in [4.69, 9.17) is 0 Å². The Kier molecular flexibility index (Phi) is 9.12. The average molecular weight is 862 g/mol. The second-order valence-electron chi connectivity index (χ2n) is 5.58. The number of aliphatic hydroxyl groups excluding tert-OH is 6. The summed E-state index contributed by atoms with van der Waals surface area (Å²) < 4.78 is 26.5. The fraction of sp³-hybridized carbons (Fsp3) is 0.500. The Morgan fingerprint density at radius 1 is 0.625 bits per heavy atom. The van der Waals surface area contributed by atoms with Gasteiger partial charge in [-0.05, 0) is 0 Å². The van der Waals surface area contributed by atoms with Crippen LogP contribution in [-0.4, -0.2) is 149 Å². The van der Waals surface area contributed by atoms with Crippen molar-refractivity contribution in [2.24, 2.45) is 0 Å². The van der Waals surface area contributed by atoms with Gasteiger partial charge in [-0.3, -0.25) is 0 Å². The molecular weight excluding hydrogens is 850 g/mol.